The minimum absolute atomic E-state index is 0.00433. The van der Waals surface area contributed by atoms with Crippen molar-refractivity contribution in [2.45, 2.75) is 64.4 Å². The number of amides is 2. The highest BCUT2D eigenvalue weighted by atomic mass is 19.3. The maximum atomic E-state index is 14.5. The zero-order chi connectivity index (χ0) is 23.2. The summed E-state index contributed by atoms with van der Waals surface area (Å²) in [5.74, 6) is -4.48. The number of piperidine rings is 1. The summed E-state index contributed by atoms with van der Waals surface area (Å²) in [6.07, 6.45) is -3.71. The summed E-state index contributed by atoms with van der Waals surface area (Å²) in [7, 11) is 0. The van der Waals surface area contributed by atoms with E-state index in [0.29, 0.717) is 0 Å². The van der Waals surface area contributed by atoms with Crippen molar-refractivity contribution in [1.82, 2.24) is 10.2 Å². The molecule has 0 aromatic heterocycles. The van der Waals surface area contributed by atoms with E-state index in [1.54, 1.807) is 45.0 Å². The highest BCUT2D eigenvalue weighted by molar-refractivity contribution is 5.81. The summed E-state index contributed by atoms with van der Waals surface area (Å²) in [6, 6.07) is 7.71. The van der Waals surface area contributed by atoms with E-state index in [-0.39, 0.29) is 19.6 Å². The van der Waals surface area contributed by atoms with Crippen LogP contribution in [0.15, 0.2) is 30.3 Å². The zero-order valence-corrected chi connectivity index (χ0v) is 18.0. The molecule has 31 heavy (non-hydrogen) atoms. The van der Waals surface area contributed by atoms with Crippen molar-refractivity contribution < 1.29 is 37.4 Å². The molecule has 1 saturated heterocycles. The maximum absolute atomic E-state index is 14.5. The molecule has 1 heterocycles. The van der Waals surface area contributed by atoms with Crippen LogP contribution in [0, 0.1) is 0 Å². The molecule has 10 heteroatoms. The fourth-order valence-electron chi connectivity index (χ4n) is 2.79. The fourth-order valence-corrected chi connectivity index (χ4v) is 2.79. The number of hydrogen-bond donors (Lipinski definition) is 1. The number of halogens is 2. The van der Waals surface area contributed by atoms with Crippen LogP contribution in [0.4, 0.5) is 18.4 Å². The average Bonchev–Trinajstić information content (AvgIpc) is 2.67. The first-order valence-corrected chi connectivity index (χ1v) is 9.91. The number of likely N-dealkylation sites (tertiary alicyclic amines) is 1. The zero-order valence-electron chi connectivity index (χ0n) is 18.0. The van der Waals surface area contributed by atoms with Gasteiger partial charge in [-0.15, -0.1) is 0 Å². The maximum Gasteiger partial charge on any atom is 0.410 e. The number of esters is 1. The van der Waals surface area contributed by atoms with Gasteiger partial charge >= 0.3 is 24.1 Å². The monoisotopic (exact) mass is 442 g/mol. The Morgan fingerprint density at radius 3 is 2.45 bits per heavy atom. The third-order valence-electron chi connectivity index (χ3n) is 4.34. The molecule has 2 unspecified atom stereocenters. The standard InChI is InChI=1S/C21H28F2N2O6/c1-14(24-18(27)29-12-15-8-6-5-7-9-15)17(26)30-16-10-11-25(13-21(16,22)23)19(28)31-20(2,3)4/h5-9,14,16H,10-13H2,1-4H3,(H,24,27). The quantitative estimate of drug-likeness (QED) is 0.554. The number of nitrogens with zero attached hydrogens (tertiary/aromatic N) is 1. The number of rotatable bonds is 5. The van der Waals surface area contributed by atoms with Gasteiger partial charge in [-0.3, -0.25) is 0 Å². The second-order valence-corrected chi connectivity index (χ2v) is 8.30. The second-order valence-electron chi connectivity index (χ2n) is 8.30. The molecule has 0 bridgehead atoms. The number of benzene rings is 1. The predicted molar refractivity (Wildman–Crippen MR) is 106 cm³/mol. The van der Waals surface area contributed by atoms with Crippen molar-refractivity contribution in [1.29, 1.82) is 0 Å². The Labute approximate surface area is 179 Å². The summed E-state index contributed by atoms with van der Waals surface area (Å²) in [4.78, 5) is 36.9. The molecule has 1 N–H and O–H groups in total. The number of carbonyl (C=O) groups is 3. The predicted octanol–water partition coefficient (Wildman–Crippen LogP) is 3.49. The lowest BCUT2D eigenvalue weighted by atomic mass is 10.0. The van der Waals surface area contributed by atoms with Crippen molar-refractivity contribution in [3.8, 4) is 0 Å². The molecule has 172 valence electrons. The van der Waals surface area contributed by atoms with Crippen LogP contribution >= 0.6 is 0 Å². The molecule has 1 aromatic carbocycles. The molecule has 0 saturated carbocycles. The third kappa shape index (κ3) is 7.69. The van der Waals surface area contributed by atoms with E-state index < -0.39 is 48.4 Å². The van der Waals surface area contributed by atoms with Gasteiger partial charge in [-0.2, -0.15) is 0 Å². The first-order valence-electron chi connectivity index (χ1n) is 9.91. The Balaban J connectivity index is 1.82. The number of alkyl halides is 2. The van der Waals surface area contributed by atoms with E-state index in [9.17, 15) is 23.2 Å². The summed E-state index contributed by atoms with van der Waals surface area (Å²) in [5.41, 5.74) is -0.0596. The van der Waals surface area contributed by atoms with E-state index >= 15 is 0 Å². The largest absolute Gasteiger partial charge is 0.454 e. The minimum Gasteiger partial charge on any atom is -0.454 e. The third-order valence-corrected chi connectivity index (χ3v) is 4.34. The molecule has 0 spiro atoms. The molecule has 2 atom stereocenters. The summed E-state index contributed by atoms with van der Waals surface area (Å²) in [6.45, 7) is 5.23. The van der Waals surface area contributed by atoms with Crippen LogP contribution in [0.5, 0.6) is 0 Å². The fraction of sp³-hybridized carbons (Fsp3) is 0.571. The van der Waals surface area contributed by atoms with Crippen LogP contribution in [-0.4, -0.2) is 59.8 Å². The summed E-state index contributed by atoms with van der Waals surface area (Å²) in [5, 5.41) is 2.25. The lowest BCUT2D eigenvalue weighted by Gasteiger charge is -2.38. The van der Waals surface area contributed by atoms with Crippen LogP contribution < -0.4 is 5.32 Å². The van der Waals surface area contributed by atoms with Gasteiger partial charge in [0.05, 0.1) is 6.54 Å². The van der Waals surface area contributed by atoms with Crippen molar-refractivity contribution in [2.75, 3.05) is 13.1 Å². The Morgan fingerprint density at radius 2 is 1.87 bits per heavy atom. The van der Waals surface area contributed by atoms with Gasteiger partial charge in [0.2, 0.25) is 0 Å². The molecule has 8 nitrogen and oxygen atoms in total. The SMILES string of the molecule is CC(NC(=O)OCc1ccccc1)C(=O)OC1CCN(C(=O)OC(C)(C)C)CC1(F)F. The van der Waals surface area contributed by atoms with Crippen molar-refractivity contribution in [3.05, 3.63) is 35.9 Å². The lowest BCUT2D eigenvalue weighted by molar-refractivity contribution is -0.188. The van der Waals surface area contributed by atoms with Gasteiger partial charge in [-0.25, -0.2) is 23.2 Å². The molecule has 2 rings (SSSR count). The summed E-state index contributed by atoms with van der Waals surface area (Å²) < 4.78 is 44.0. The molecule has 1 aliphatic rings. The minimum atomic E-state index is -3.46. The van der Waals surface area contributed by atoms with Gasteiger partial charge in [0.15, 0.2) is 6.10 Å². The highest BCUT2D eigenvalue weighted by Crippen LogP contribution is 2.31. The van der Waals surface area contributed by atoms with Crippen LogP contribution in [-0.2, 0) is 25.6 Å². The van der Waals surface area contributed by atoms with E-state index in [2.05, 4.69) is 5.32 Å². The van der Waals surface area contributed by atoms with Crippen LogP contribution in [0.2, 0.25) is 0 Å². The average molecular weight is 442 g/mol. The molecule has 1 aromatic rings. The topological polar surface area (TPSA) is 94.2 Å². The molecule has 1 aliphatic heterocycles. The van der Waals surface area contributed by atoms with E-state index in [0.717, 1.165) is 10.5 Å². The van der Waals surface area contributed by atoms with Gasteiger partial charge in [0, 0.05) is 13.0 Å². The van der Waals surface area contributed by atoms with Gasteiger partial charge in [0.25, 0.3) is 0 Å². The molecule has 0 aliphatic carbocycles. The summed E-state index contributed by atoms with van der Waals surface area (Å²) >= 11 is 0. The van der Waals surface area contributed by atoms with E-state index in [1.807, 2.05) is 6.07 Å². The van der Waals surface area contributed by atoms with Gasteiger partial charge in [-0.1, -0.05) is 30.3 Å². The van der Waals surface area contributed by atoms with Crippen molar-refractivity contribution >= 4 is 18.2 Å². The second kappa shape index (κ2) is 9.93. The van der Waals surface area contributed by atoms with Crippen LogP contribution in [0.25, 0.3) is 0 Å². The number of nitrogens with one attached hydrogen (secondary N) is 1. The number of ether oxygens (including phenoxy) is 3. The Morgan fingerprint density at radius 1 is 1.23 bits per heavy atom. The highest BCUT2D eigenvalue weighted by Gasteiger charge is 2.49. The van der Waals surface area contributed by atoms with E-state index in [1.165, 1.54) is 6.92 Å². The number of alkyl carbamates (subject to hydrolysis) is 1. The molecule has 2 amide bonds. The first-order chi connectivity index (χ1) is 14.4. The molecular weight excluding hydrogens is 414 g/mol. The number of hydrogen-bond acceptors (Lipinski definition) is 6. The van der Waals surface area contributed by atoms with Gasteiger partial charge < -0.3 is 24.4 Å². The Kier molecular flexibility index (Phi) is 7.80. The normalized spacial score (nSPS) is 19.2. The lowest BCUT2D eigenvalue weighted by Crippen LogP contribution is -2.56. The van der Waals surface area contributed by atoms with Crippen LogP contribution in [0.3, 0.4) is 0 Å². The molecule has 0 radical (unpaired) electrons. The Hall–Kier alpha value is -2.91. The molecule has 1 fully saturated rings. The van der Waals surface area contributed by atoms with Crippen molar-refractivity contribution in [3.63, 3.8) is 0 Å². The van der Waals surface area contributed by atoms with E-state index in [4.69, 9.17) is 14.2 Å². The molecular formula is C21H28F2N2O6. The van der Waals surface area contributed by atoms with Crippen molar-refractivity contribution in [2.24, 2.45) is 0 Å². The smallest absolute Gasteiger partial charge is 0.410 e. The van der Waals surface area contributed by atoms with Gasteiger partial charge in [-0.05, 0) is 33.3 Å². The van der Waals surface area contributed by atoms with Crippen LogP contribution in [0.1, 0.15) is 39.7 Å². The first kappa shape index (κ1) is 24.4. The Bertz CT molecular complexity index is 782. The number of carbonyl (C=O) groups excluding carboxylic acids is 3. The van der Waals surface area contributed by atoms with Gasteiger partial charge in [0.1, 0.15) is 18.2 Å².